The molecule has 0 unspecified atom stereocenters. The van der Waals surface area contributed by atoms with E-state index in [0.29, 0.717) is 24.3 Å². The van der Waals surface area contributed by atoms with Crippen molar-refractivity contribution in [2.45, 2.75) is 31.6 Å². The predicted molar refractivity (Wildman–Crippen MR) is 107 cm³/mol. The van der Waals surface area contributed by atoms with E-state index in [2.05, 4.69) is 0 Å². The first-order chi connectivity index (χ1) is 15.4. The van der Waals surface area contributed by atoms with Gasteiger partial charge in [0.1, 0.15) is 11.5 Å². The summed E-state index contributed by atoms with van der Waals surface area (Å²) in [6.45, 7) is 3.05. The van der Waals surface area contributed by atoms with E-state index in [-0.39, 0.29) is 11.5 Å². The summed E-state index contributed by atoms with van der Waals surface area (Å²) < 4.78 is 94.6. The van der Waals surface area contributed by atoms with Crippen LogP contribution in [0.4, 0.5) is 26.3 Å². The molecule has 0 aliphatic heterocycles. The molecule has 0 aliphatic rings. The fourth-order valence-corrected chi connectivity index (χ4v) is 3.10. The number of alkyl halides is 6. The highest BCUT2D eigenvalue weighted by molar-refractivity contribution is 5.84. The molecule has 10 heteroatoms. The first-order valence-electron chi connectivity index (χ1n) is 9.40. The second-order valence-corrected chi connectivity index (χ2v) is 6.64. The van der Waals surface area contributed by atoms with Gasteiger partial charge in [-0.25, -0.2) is 9.59 Å². The Labute approximate surface area is 185 Å². The third-order valence-corrected chi connectivity index (χ3v) is 4.47. The minimum absolute atomic E-state index is 0.230. The molecule has 0 saturated heterocycles. The van der Waals surface area contributed by atoms with Crippen molar-refractivity contribution in [2.24, 2.45) is 0 Å². The monoisotopic (exact) mass is 472 g/mol. The van der Waals surface area contributed by atoms with Gasteiger partial charge >= 0.3 is 24.3 Å². The number of benzene rings is 2. The van der Waals surface area contributed by atoms with Crippen molar-refractivity contribution in [1.29, 1.82) is 0 Å². The van der Waals surface area contributed by atoms with Crippen LogP contribution < -0.4 is 9.47 Å². The van der Waals surface area contributed by atoms with Gasteiger partial charge in [-0.05, 0) is 49.2 Å². The van der Waals surface area contributed by atoms with Gasteiger partial charge in [-0.1, -0.05) is 36.4 Å². The maximum atomic E-state index is 14.2. The highest BCUT2D eigenvalue weighted by Crippen LogP contribution is 2.56. The number of hydrogen-bond acceptors (Lipinski definition) is 4. The molecule has 2 aromatic carbocycles. The van der Waals surface area contributed by atoms with Crippen LogP contribution in [0.15, 0.2) is 72.8 Å². The number of halogens is 6. The Morgan fingerprint density at radius 3 is 1.18 bits per heavy atom. The highest BCUT2D eigenvalue weighted by Gasteiger charge is 2.72. The van der Waals surface area contributed by atoms with E-state index < -0.39 is 40.8 Å². The molecule has 0 saturated carbocycles. The van der Waals surface area contributed by atoms with Crippen LogP contribution in [0.5, 0.6) is 11.5 Å². The van der Waals surface area contributed by atoms with Crippen LogP contribution in [0.2, 0.25) is 0 Å². The summed E-state index contributed by atoms with van der Waals surface area (Å²) in [5.41, 5.74) is -6.66. The number of allylic oxidation sites excluding steroid dienone is 2. The Hall–Kier alpha value is -3.56. The lowest BCUT2D eigenvalue weighted by atomic mass is 9.73. The molecule has 0 aromatic heterocycles. The summed E-state index contributed by atoms with van der Waals surface area (Å²) >= 11 is 0. The maximum absolute atomic E-state index is 14.2. The van der Waals surface area contributed by atoms with Crippen molar-refractivity contribution >= 4 is 11.9 Å². The fraction of sp³-hybridized carbons (Fsp3) is 0.217. The summed E-state index contributed by atoms with van der Waals surface area (Å²) in [7, 11) is 0. The van der Waals surface area contributed by atoms with Crippen molar-refractivity contribution in [3.8, 4) is 11.5 Å². The third-order valence-electron chi connectivity index (χ3n) is 4.47. The summed E-state index contributed by atoms with van der Waals surface area (Å²) in [6, 6.07) is 5.76. The molecule has 0 amide bonds. The zero-order chi connectivity index (χ0) is 24.9. The van der Waals surface area contributed by atoms with Gasteiger partial charge in [0.05, 0.1) is 0 Å². The van der Waals surface area contributed by atoms with Crippen LogP contribution in [0.1, 0.15) is 25.0 Å². The van der Waals surface area contributed by atoms with Crippen LogP contribution in [0.25, 0.3) is 0 Å². The van der Waals surface area contributed by atoms with Gasteiger partial charge in [-0.15, -0.1) is 0 Å². The number of esters is 2. The molecule has 0 aliphatic carbocycles. The number of hydrogen-bond donors (Lipinski definition) is 0. The molecule has 2 rings (SSSR count). The Bertz CT molecular complexity index is 947. The molecule has 0 atom stereocenters. The third kappa shape index (κ3) is 5.44. The molecule has 0 radical (unpaired) electrons. The minimum Gasteiger partial charge on any atom is -0.423 e. The molecule has 0 spiro atoms. The molecule has 0 fully saturated rings. The quantitative estimate of drug-likeness (QED) is 0.222. The van der Waals surface area contributed by atoms with Crippen LogP contribution >= 0.6 is 0 Å². The Morgan fingerprint density at radius 2 is 0.939 bits per heavy atom. The van der Waals surface area contributed by atoms with Gasteiger partial charge < -0.3 is 9.47 Å². The van der Waals surface area contributed by atoms with Crippen molar-refractivity contribution < 1.29 is 45.4 Å². The molecular formula is C23H18F6O4. The van der Waals surface area contributed by atoms with E-state index >= 15 is 0 Å². The first kappa shape index (κ1) is 25.7. The predicted octanol–water partition coefficient (Wildman–Crippen LogP) is 6.06. The molecule has 33 heavy (non-hydrogen) atoms. The second kappa shape index (κ2) is 9.93. The van der Waals surface area contributed by atoms with Gasteiger partial charge in [0.15, 0.2) is 0 Å². The largest absolute Gasteiger partial charge is 0.423 e. The standard InChI is InChI=1S/C23H18F6O4/c1-3-5-19(30)32-17-11-7-15(8-12-17)21(22(24,25)26,23(27,28)29)16-9-13-18(14-10-16)33-20(31)6-4-2/h3-14H,1-2H3. The Kier molecular flexibility index (Phi) is 7.73. The van der Waals surface area contributed by atoms with E-state index in [1.807, 2.05) is 0 Å². The minimum atomic E-state index is -5.79. The summed E-state index contributed by atoms with van der Waals surface area (Å²) in [5, 5.41) is 0. The van der Waals surface area contributed by atoms with E-state index in [1.54, 1.807) is 0 Å². The molecule has 4 nitrogen and oxygen atoms in total. The van der Waals surface area contributed by atoms with E-state index in [9.17, 15) is 35.9 Å². The van der Waals surface area contributed by atoms with Crippen LogP contribution in [-0.4, -0.2) is 24.3 Å². The molecule has 0 N–H and O–H groups in total. The number of rotatable bonds is 6. The van der Waals surface area contributed by atoms with Crippen LogP contribution in [-0.2, 0) is 15.0 Å². The van der Waals surface area contributed by atoms with Gasteiger partial charge in [-0.2, -0.15) is 26.3 Å². The number of ether oxygens (including phenoxy) is 2. The van der Waals surface area contributed by atoms with Gasteiger partial charge in [-0.3, -0.25) is 0 Å². The molecular weight excluding hydrogens is 454 g/mol. The molecule has 0 bridgehead atoms. The Morgan fingerprint density at radius 1 is 0.636 bits per heavy atom. The zero-order valence-corrected chi connectivity index (χ0v) is 17.3. The van der Waals surface area contributed by atoms with E-state index in [1.165, 1.54) is 26.0 Å². The normalized spacial score (nSPS) is 12.8. The lowest BCUT2D eigenvalue weighted by Crippen LogP contribution is -2.54. The van der Waals surface area contributed by atoms with E-state index in [0.717, 1.165) is 36.4 Å². The number of carbonyl (C=O) groups excluding carboxylic acids is 2. The van der Waals surface area contributed by atoms with Gasteiger partial charge in [0.2, 0.25) is 5.41 Å². The highest BCUT2D eigenvalue weighted by atomic mass is 19.4. The summed E-state index contributed by atoms with van der Waals surface area (Å²) in [6.07, 6.45) is -6.80. The summed E-state index contributed by atoms with van der Waals surface area (Å²) in [5.74, 6) is -2.14. The molecule has 0 heterocycles. The zero-order valence-electron chi connectivity index (χ0n) is 17.3. The van der Waals surface area contributed by atoms with Gasteiger partial charge in [0.25, 0.3) is 0 Å². The first-order valence-corrected chi connectivity index (χ1v) is 9.40. The smallest absolute Gasteiger partial charge is 0.411 e. The topological polar surface area (TPSA) is 52.6 Å². The van der Waals surface area contributed by atoms with Crippen molar-refractivity contribution in [3.05, 3.63) is 84.0 Å². The van der Waals surface area contributed by atoms with Gasteiger partial charge in [0, 0.05) is 12.2 Å². The fourth-order valence-electron chi connectivity index (χ4n) is 3.10. The van der Waals surface area contributed by atoms with Crippen molar-refractivity contribution in [3.63, 3.8) is 0 Å². The lowest BCUT2D eigenvalue weighted by molar-refractivity contribution is -0.288. The van der Waals surface area contributed by atoms with Crippen molar-refractivity contribution in [2.75, 3.05) is 0 Å². The number of carbonyl (C=O) groups is 2. The maximum Gasteiger partial charge on any atom is 0.411 e. The average Bonchev–Trinajstić information content (AvgIpc) is 2.69. The molecule has 176 valence electrons. The Balaban J connectivity index is 2.59. The lowest BCUT2D eigenvalue weighted by Gasteiger charge is -2.38. The SMILES string of the molecule is CC=CC(=O)Oc1ccc(C(c2ccc(OC(=O)C=CC)cc2)(C(F)(F)F)C(F)(F)F)cc1. The van der Waals surface area contributed by atoms with Crippen LogP contribution in [0.3, 0.4) is 0 Å². The van der Waals surface area contributed by atoms with E-state index in [4.69, 9.17) is 9.47 Å². The summed E-state index contributed by atoms with van der Waals surface area (Å²) in [4.78, 5) is 22.9. The molecule has 2 aromatic rings. The van der Waals surface area contributed by atoms with Crippen LogP contribution in [0, 0.1) is 0 Å². The second-order valence-electron chi connectivity index (χ2n) is 6.64. The average molecular weight is 472 g/mol. The van der Waals surface area contributed by atoms with Crippen molar-refractivity contribution in [1.82, 2.24) is 0 Å².